The summed E-state index contributed by atoms with van der Waals surface area (Å²) in [5.74, 6) is -2.84. The van der Waals surface area contributed by atoms with Crippen molar-refractivity contribution in [2.45, 2.75) is 37.9 Å². The molecule has 0 aliphatic carbocycles. The van der Waals surface area contributed by atoms with Gasteiger partial charge in [-0.05, 0) is 104 Å². The van der Waals surface area contributed by atoms with E-state index in [-0.39, 0.29) is 34.1 Å². The molecule has 0 fully saturated rings. The number of carbonyl (C=O) groups excluding carboxylic acids is 2. The summed E-state index contributed by atoms with van der Waals surface area (Å²) in [5, 5.41) is 21.1. The minimum Gasteiger partial charge on any atom is -0.480 e. The van der Waals surface area contributed by atoms with Crippen LogP contribution in [0.5, 0.6) is 11.8 Å². The second kappa shape index (κ2) is 22.7. The first-order valence-corrected chi connectivity index (χ1v) is 22.0. The number of amides is 2. The van der Waals surface area contributed by atoms with Gasteiger partial charge < -0.3 is 24.4 Å². The average Bonchev–Trinajstić information content (AvgIpc) is 3.24. The van der Waals surface area contributed by atoms with Gasteiger partial charge in [-0.25, -0.2) is 41.7 Å². The highest BCUT2D eigenvalue weighted by molar-refractivity contribution is 14.1. The maximum atomic E-state index is 12.9. The predicted molar refractivity (Wildman–Crippen MR) is 244 cm³/mol. The molecule has 68 heavy (non-hydrogen) atoms. The lowest BCUT2D eigenvalue weighted by Gasteiger charge is -2.15. The molecule has 2 amide bonds. The number of carboxylic acids is 2. The molecule has 21 nitrogen and oxygen atoms in total. The lowest BCUT2D eigenvalue weighted by molar-refractivity contribution is -0.144. The van der Waals surface area contributed by atoms with Crippen molar-refractivity contribution < 1.29 is 65.2 Å². The normalized spacial score (nSPS) is 11.1. The molecule has 6 aromatic rings. The number of aromatic carboxylic acids is 1. The van der Waals surface area contributed by atoms with Crippen LogP contribution in [0.3, 0.4) is 0 Å². The van der Waals surface area contributed by atoms with Gasteiger partial charge in [0.05, 0.1) is 40.1 Å². The average molecular weight is 1120 g/mol. The Balaban J connectivity index is 0.000000229. The number of nitrogens with zero attached hydrogens (tertiary/aromatic N) is 6. The fourth-order valence-corrected chi connectivity index (χ4v) is 7.64. The first kappa shape index (κ1) is 53.7. The number of alkyl halides is 3. The number of aromatic nitrogens is 6. The zero-order chi connectivity index (χ0) is 50.8. The maximum absolute atomic E-state index is 12.9. The van der Waals surface area contributed by atoms with Crippen molar-refractivity contribution in [1.82, 2.24) is 33.8 Å². The van der Waals surface area contributed by atoms with Crippen LogP contribution < -0.4 is 30.8 Å². The van der Waals surface area contributed by atoms with E-state index in [0.29, 0.717) is 35.1 Å². The molecule has 0 unspecified atom stereocenters. The van der Waals surface area contributed by atoms with E-state index in [4.69, 9.17) is 47.6 Å². The van der Waals surface area contributed by atoms with Gasteiger partial charge in [-0.2, -0.15) is 28.1 Å². The van der Waals surface area contributed by atoms with Crippen molar-refractivity contribution in [1.29, 1.82) is 0 Å². The number of methoxy groups -OCH3 is 1. The third-order valence-corrected chi connectivity index (χ3v) is 10.9. The van der Waals surface area contributed by atoms with E-state index < -0.39 is 80.3 Å². The van der Waals surface area contributed by atoms with Crippen molar-refractivity contribution in [3.63, 3.8) is 0 Å². The lowest BCUT2D eigenvalue weighted by atomic mass is 10.2. The number of rotatable bonds is 11. The Labute approximate surface area is 405 Å². The second-order valence-corrected chi connectivity index (χ2v) is 17.2. The van der Waals surface area contributed by atoms with Crippen LogP contribution in [-0.4, -0.2) is 91.5 Å². The van der Waals surface area contributed by atoms with Gasteiger partial charge in [-0.1, -0.05) is 23.2 Å². The number of aryl methyl sites for hydroxylation is 1. The van der Waals surface area contributed by atoms with Crippen LogP contribution >= 0.6 is 45.8 Å². The number of urea groups is 1. The highest BCUT2D eigenvalue weighted by atomic mass is 127. The Bertz CT molecular complexity index is 3160. The van der Waals surface area contributed by atoms with E-state index in [0.717, 1.165) is 30.6 Å². The summed E-state index contributed by atoms with van der Waals surface area (Å²) in [6.07, 6.45) is -3.70. The number of pyridine rings is 1. The molecule has 0 bridgehead atoms. The van der Waals surface area contributed by atoms with Gasteiger partial charge in [0.1, 0.15) is 27.7 Å². The number of benzene rings is 3. The van der Waals surface area contributed by atoms with Crippen LogP contribution in [0, 0.1) is 10.5 Å². The van der Waals surface area contributed by atoms with Crippen LogP contribution in [-0.2, 0) is 32.8 Å². The summed E-state index contributed by atoms with van der Waals surface area (Å²) in [6.45, 7) is 4.36. The third-order valence-electron chi connectivity index (χ3n) is 8.24. The molecule has 0 saturated heterocycles. The summed E-state index contributed by atoms with van der Waals surface area (Å²) < 4.78 is 81.4. The zero-order valence-electron chi connectivity index (χ0n) is 35.5. The minimum atomic E-state index is -4.86. The minimum absolute atomic E-state index is 0.0104. The third kappa shape index (κ3) is 14.1. The number of ether oxygens (including phenoxy) is 3. The van der Waals surface area contributed by atoms with Crippen LogP contribution in [0.15, 0.2) is 87.4 Å². The van der Waals surface area contributed by atoms with Crippen LogP contribution in [0.1, 0.15) is 46.1 Å². The number of hydrogen-bond acceptors (Lipinski definition) is 15. The van der Waals surface area contributed by atoms with Crippen molar-refractivity contribution in [3.8, 4) is 17.4 Å². The van der Waals surface area contributed by atoms with Gasteiger partial charge in [0.2, 0.25) is 5.95 Å². The Morgan fingerprint density at radius 2 is 1.60 bits per heavy atom. The van der Waals surface area contributed by atoms with Gasteiger partial charge in [-0.3, -0.25) is 19.7 Å². The molecular weight excluding hydrogens is 1090 g/mol. The maximum Gasteiger partial charge on any atom is 0.431 e. The van der Waals surface area contributed by atoms with Gasteiger partial charge in [0, 0.05) is 28.3 Å². The number of fused-ring (bicyclic) bond motifs is 1. The predicted octanol–water partition coefficient (Wildman–Crippen LogP) is 6.13. The molecule has 0 aliphatic rings. The molecule has 4 N–H and O–H groups in total. The Morgan fingerprint density at radius 1 is 0.926 bits per heavy atom. The molecule has 0 aliphatic heterocycles. The summed E-state index contributed by atoms with van der Waals surface area (Å²) in [5.41, 5.74) is -3.91. The fourth-order valence-electron chi connectivity index (χ4n) is 5.39. The highest BCUT2D eigenvalue weighted by Crippen LogP contribution is 2.30. The molecule has 0 spiro atoms. The molecule has 28 heteroatoms. The van der Waals surface area contributed by atoms with Crippen LogP contribution in [0.2, 0.25) is 10.0 Å². The molecule has 360 valence electrons. The monoisotopic (exact) mass is 1120 g/mol. The molecule has 0 saturated carbocycles. The summed E-state index contributed by atoms with van der Waals surface area (Å²) in [7, 11) is -2.25. The zero-order valence-corrected chi connectivity index (χ0v) is 39.9. The molecule has 0 atom stereocenters. The molecule has 0 radical (unpaired) electrons. The molecule has 6 rings (SSSR count). The van der Waals surface area contributed by atoms with Gasteiger partial charge in [0.25, 0.3) is 15.6 Å². The van der Waals surface area contributed by atoms with E-state index in [1.807, 2.05) is 22.6 Å². The van der Waals surface area contributed by atoms with Crippen molar-refractivity contribution in [2.75, 3.05) is 19.0 Å². The van der Waals surface area contributed by atoms with Crippen LogP contribution in [0.25, 0.3) is 16.6 Å². The van der Waals surface area contributed by atoms with E-state index in [1.165, 1.54) is 32.2 Å². The molecular formula is C40H34Cl2F3IN8O13S. The first-order valence-electron chi connectivity index (χ1n) is 18.7. The Hall–Kier alpha value is -6.91. The van der Waals surface area contributed by atoms with Gasteiger partial charge in [0.15, 0.2) is 6.61 Å². The first-order chi connectivity index (χ1) is 31.7. The van der Waals surface area contributed by atoms with Crippen molar-refractivity contribution in [3.05, 3.63) is 130 Å². The molecule has 3 aromatic heterocycles. The largest absolute Gasteiger partial charge is 0.480 e. The number of esters is 1. The van der Waals surface area contributed by atoms with Crippen LogP contribution in [0.4, 0.5) is 23.9 Å². The number of hydrogen-bond donors (Lipinski definition) is 4. The van der Waals surface area contributed by atoms with E-state index >= 15 is 0 Å². The van der Waals surface area contributed by atoms with E-state index in [1.54, 1.807) is 49.0 Å². The standard InChI is InChI=1S/C16H14ClF3N2O4.C13H12IN5O6S.C11H8ClNO3/c1-8(2)26-14(24)10-6-9(4-5-11(10)17)22-13(23)7-12(16(18,19)20)21(3)15(22)25;1-6-15-11(18-13(16-6)25-2)17-12(22)19-26(23,24)9-5-7(14)3-4-8(9)10(20)21;12-8-3-4-9(16-6-10(14)15)11-7(8)2-1-5-13-11/h4-8H,1-3H3;3-5H,1-2H3,(H,20,21)(H2,15,16,17,18,19,22);1-5H,6H2,(H,14,15). The van der Waals surface area contributed by atoms with E-state index in [9.17, 15) is 50.4 Å². The number of carbonyl (C=O) groups is 4. The fraction of sp³-hybridized carbons (Fsp3) is 0.200. The topological polar surface area (TPSA) is 290 Å². The number of nitrogens with one attached hydrogen (secondary N) is 2. The number of halogens is 6. The van der Waals surface area contributed by atoms with Gasteiger partial charge in [-0.15, -0.1) is 0 Å². The van der Waals surface area contributed by atoms with Crippen molar-refractivity contribution >= 4 is 96.6 Å². The Morgan fingerprint density at radius 3 is 2.22 bits per heavy atom. The molecule has 3 heterocycles. The number of aliphatic carboxylic acids is 1. The quantitative estimate of drug-likeness (QED) is 0.0838. The number of carboxylic acid groups (broad SMARTS) is 2. The van der Waals surface area contributed by atoms with E-state index in [2.05, 4.69) is 25.3 Å². The summed E-state index contributed by atoms with van der Waals surface area (Å²) in [4.78, 5) is 85.0. The molecule has 3 aromatic carbocycles. The van der Waals surface area contributed by atoms with Crippen molar-refractivity contribution in [2.24, 2.45) is 7.05 Å². The smallest absolute Gasteiger partial charge is 0.431 e. The number of anilines is 1. The summed E-state index contributed by atoms with van der Waals surface area (Å²) in [6, 6.07) is 13.2. The lowest BCUT2D eigenvalue weighted by Crippen LogP contribution is -2.40. The second-order valence-electron chi connectivity index (χ2n) is 13.5. The highest BCUT2D eigenvalue weighted by Gasteiger charge is 2.35. The SMILES string of the molecule is CC(C)OC(=O)c1cc(-n2c(=O)cc(C(F)(F)F)n(C)c2=O)ccc1Cl.COc1nc(C)nc(NC(=O)NS(=O)(=O)c2cc(I)ccc2C(=O)O)n1.O=C(O)COc1ccc(Cl)c2cccnc12. The Kier molecular flexibility index (Phi) is 17.9. The van der Waals surface area contributed by atoms with Gasteiger partial charge >= 0.3 is 41.8 Å². The number of sulfonamides is 1. The summed E-state index contributed by atoms with van der Waals surface area (Å²) >= 11 is 13.7.